The smallest absolute Gasteiger partial charge is 0.335 e. The average molecular weight is 298 g/mol. The Hall–Kier alpha value is -2.62. The summed E-state index contributed by atoms with van der Waals surface area (Å²) in [5, 5.41) is 9.26. The standard InChI is InChI=1S/C18H18O4/c1-22-17(19)11-10-13-6-2-3-7-14(13)12-15-8-4-5-9-16(15)18(20)21/h2-9H,10-12H2,1H3,(H,20,21). The van der Waals surface area contributed by atoms with Gasteiger partial charge in [-0.25, -0.2) is 4.79 Å². The zero-order valence-electron chi connectivity index (χ0n) is 12.4. The molecule has 4 heteroatoms. The predicted molar refractivity (Wildman–Crippen MR) is 83.0 cm³/mol. The molecule has 0 atom stereocenters. The van der Waals surface area contributed by atoms with Gasteiger partial charge >= 0.3 is 11.9 Å². The second-order valence-corrected chi connectivity index (χ2v) is 4.98. The summed E-state index contributed by atoms with van der Waals surface area (Å²) >= 11 is 0. The van der Waals surface area contributed by atoms with Gasteiger partial charge in [-0.2, -0.15) is 0 Å². The van der Waals surface area contributed by atoms with E-state index in [0.29, 0.717) is 24.8 Å². The van der Waals surface area contributed by atoms with Crippen molar-refractivity contribution in [1.29, 1.82) is 0 Å². The van der Waals surface area contributed by atoms with Gasteiger partial charge in [0.05, 0.1) is 12.7 Å². The second-order valence-electron chi connectivity index (χ2n) is 4.98. The molecule has 0 saturated heterocycles. The normalized spacial score (nSPS) is 10.2. The molecule has 1 N–H and O–H groups in total. The largest absolute Gasteiger partial charge is 0.478 e. The third-order valence-electron chi connectivity index (χ3n) is 3.57. The highest BCUT2D eigenvalue weighted by Crippen LogP contribution is 2.19. The van der Waals surface area contributed by atoms with Gasteiger partial charge in [0, 0.05) is 6.42 Å². The summed E-state index contributed by atoms with van der Waals surface area (Å²) < 4.78 is 4.66. The number of benzene rings is 2. The molecule has 0 bridgehead atoms. The molecule has 0 saturated carbocycles. The number of carbonyl (C=O) groups is 2. The minimum Gasteiger partial charge on any atom is -0.478 e. The summed E-state index contributed by atoms with van der Waals surface area (Å²) in [5.74, 6) is -1.18. The summed E-state index contributed by atoms with van der Waals surface area (Å²) in [4.78, 5) is 22.6. The summed E-state index contributed by atoms with van der Waals surface area (Å²) in [5.41, 5.74) is 3.14. The predicted octanol–water partition coefficient (Wildman–Crippen LogP) is 3.08. The van der Waals surface area contributed by atoms with Crippen molar-refractivity contribution in [2.24, 2.45) is 0 Å². The van der Waals surface area contributed by atoms with E-state index in [4.69, 9.17) is 0 Å². The van der Waals surface area contributed by atoms with Crippen molar-refractivity contribution in [1.82, 2.24) is 0 Å². The maximum absolute atomic E-state index is 11.3. The van der Waals surface area contributed by atoms with Crippen LogP contribution >= 0.6 is 0 Å². The van der Waals surface area contributed by atoms with E-state index in [2.05, 4.69) is 4.74 Å². The molecule has 4 nitrogen and oxygen atoms in total. The van der Waals surface area contributed by atoms with Crippen LogP contribution in [0.4, 0.5) is 0 Å². The fraction of sp³-hybridized carbons (Fsp3) is 0.222. The van der Waals surface area contributed by atoms with Crippen molar-refractivity contribution in [2.75, 3.05) is 7.11 Å². The lowest BCUT2D eigenvalue weighted by molar-refractivity contribution is -0.140. The minimum absolute atomic E-state index is 0.249. The van der Waals surface area contributed by atoms with E-state index >= 15 is 0 Å². The van der Waals surface area contributed by atoms with Crippen LogP contribution in [0.25, 0.3) is 0 Å². The van der Waals surface area contributed by atoms with Crippen LogP contribution < -0.4 is 0 Å². The van der Waals surface area contributed by atoms with E-state index in [1.54, 1.807) is 12.1 Å². The number of aromatic carboxylic acids is 1. The Morgan fingerprint density at radius 1 is 0.955 bits per heavy atom. The SMILES string of the molecule is COC(=O)CCc1ccccc1Cc1ccccc1C(=O)O. The van der Waals surface area contributed by atoms with Gasteiger partial charge in [-0.1, -0.05) is 42.5 Å². The van der Waals surface area contributed by atoms with Crippen LogP contribution in [-0.2, 0) is 22.4 Å². The van der Waals surface area contributed by atoms with Crippen LogP contribution in [0.3, 0.4) is 0 Å². The molecule has 114 valence electrons. The molecule has 0 unspecified atom stereocenters. The first-order chi connectivity index (χ1) is 10.6. The summed E-state index contributed by atoms with van der Waals surface area (Å²) in [6.45, 7) is 0. The van der Waals surface area contributed by atoms with Crippen LogP contribution in [-0.4, -0.2) is 24.2 Å². The van der Waals surface area contributed by atoms with Crippen molar-refractivity contribution in [3.8, 4) is 0 Å². The third kappa shape index (κ3) is 3.95. The number of hydrogen-bond donors (Lipinski definition) is 1. The minimum atomic E-state index is -0.928. The van der Waals surface area contributed by atoms with E-state index in [0.717, 1.165) is 16.7 Å². The van der Waals surface area contributed by atoms with Gasteiger partial charge in [0.1, 0.15) is 0 Å². The molecule has 0 aromatic heterocycles. The Labute approximate surface area is 129 Å². The van der Waals surface area contributed by atoms with E-state index < -0.39 is 5.97 Å². The molecule has 0 amide bonds. The maximum Gasteiger partial charge on any atom is 0.335 e. The molecule has 2 aromatic carbocycles. The third-order valence-corrected chi connectivity index (χ3v) is 3.57. The molecule has 0 heterocycles. The average Bonchev–Trinajstić information content (AvgIpc) is 2.54. The Morgan fingerprint density at radius 3 is 2.18 bits per heavy atom. The van der Waals surface area contributed by atoms with Crippen LogP contribution in [0.2, 0.25) is 0 Å². The number of hydrogen-bond acceptors (Lipinski definition) is 3. The zero-order chi connectivity index (χ0) is 15.9. The lowest BCUT2D eigenvalue weighted by atomic mass is 9.94. The zero-order valence-corrected chi connectivity index (χ0v) is 12.4. The lowest BCUT2D eigenvalue weighted by Gasteiger charge is -2.11. The van der Waals surface area contributed by atoms with Crippen molar-refractivity contribution in [3.63, 3.8) is 0 Å². The fourth-order valence-electron chi connectivity index (χ4n) is 2.40. The van der Waals surface area contributed by atoms with Gasteiger partial charge in [0.2, 0.25) is 0 Å². The number of methoxy groups -OCH3 is 1. The molecule has 22 heavy (non-hydrogen) atoms. The highest BCUT2D eigenvalue weighted by molar-refractivity contribution is 5.89. The summed E-state index contributed by atoms with van der Waals surface area (Å²) in [6, 6.07) is 14.7. The van der Waals surface area contributed by atoms with Crippen molar-refractivity contribution >= 4 is 11.9 Å². The summed E-state index contributed by atoms with van der Waals surface area (Å²) in [7, 11) is 1.37. The van der Waals surface area contributed by atoms with E-state index in [9.17, 15) is 14.7 Å². The van der Waals surface area contributed by atoms with Crippen molar-refractivity contribution in [2.45, 2.75) is 19.3 Å². The quantitative estimate of drug-likeness (QED) is 0.832. The number of carboxylic acid groups (broad SMARTS) is 1. The van der Waals surface area contributed by atoms with Gasteiger partial charge < -0.3 is 9.84 Å². The number of rotatable bonds is 6. The first kappa shape index (κ1) is 15.8. The molecule has 0 aliphatic heterocycles. The Balaban J connectivity index is 2.23. The molecule has 2 aromatic rings. The van der Waals surface area contributed by atoms with Gasteiger partial charge in [-0.3, -0.25) is 4.79 Å². The Bertz CT molecular complexity index is 676. The molecule has 0 spiro atoms. The Kier molecular flexibility index (Phi) is 5.31. The van der Waals surface area contributed by atoms with Crippen LogP contribution in [0.1, 0.15) is 33.5 Å². The monoisotopic (exact) mass is 298 g/mol. The number of ether oxygens (including phenoxy) is 1. The molecule has 0 fully saturated rings. The molecule has 0 radical (unpaired) electrons. The van der Waals surface area contributed by atoms with Crippen molar-refractivity contribution < 1.29 is 19.4 Å². The molecule has 0 aliphatic carbocycles. The van der Waals surface area contributed by atoms with Gasteiger partial charge in [-0.05, 0) is 35.6 Å². The van der Waals surface area contributed by atoms with Gasteiger partial charge in [-0.15, -0.1) is 0 Å². The first-order valence-electron chi connectivity index (χ1n) is 7.06. The number of esters is 1. The van der Waals surface area contributed by atoms with E-state index in [1.807, 2.05) is 36.4 Å². The molecular weight excluding hydrogens is 280 g/mol. The van der Waals surface area contributed by atoms with Crippen LogP contribution in [0, 0.1) is 0 Å². The fourth-order valence-corrected chi connectivity index (χ4v) is 2.40. The molecular formula is C18H18O4. The topological polar surface area (TPSA) is 63.6 Å². The summed E-state index contributed by atoms with van der Waals surface area (Å²) in [6.07, 6.45) is 1.42. The number of aryl methyl sites for hydroxylation is 1. The molecule has 2 rings (SSSR count). The van der Waals surface area contributed by atoms with E-state index in [-0.39, 0.29) is 5.97 Å². The Morgan fingerprint density at radius 2 is 1.55 bits per heavy atom. The van der Waals surface area contributed by atoms with Gasteiger partial charge in [0.25, 0.3) is 0 Å². The number of carboxylic acids is 1. The second kappa shape index (κ2) is 7.41. The van der Waals surface area contributed by atoms with Crippen LogP contribution in [0.5, 0.6) is 0 Å². The van der Waals surface area contributed by atoms with Gasteiger partial charge in [0.15, 0.2) is 0 Å². The maximum atomic E-state index is 11.3. The lowest BCUT2D eigenvalue weighted by Crippen LogP contribution is -2.06. The highest BCUT2D eigenvalue weighted by Gasteiger charge is 2.12. The van der Waals surface area contributed by atoms with Crippen LogP contribution in [0.15, 0.2) is 48.5 Å². The highest BCUT2D eigenvalue weighted by atomic mass is 16.5. The van der Waals surface area contributed by atoms with Crippen molar-refractivity contribution in [3.05, 3.63) is 70.8 Å². The van der Waals surface area contributed by atoms with E-state index in [1.165, 1.54) is 7.11 Å². The number of carbonyl (C=O) groups excluding carboxylic acids is 1. The first-order valence-corrected chi connectivity index (χ1v) is 7.06. The molecule has 0 aliphatic rings.